The van der Waals surface area contributed by atoms with Gasteiger partial charge in [0.25, 0.3) is 0 Å². The lowest BCUT2D eigenvalue weighted by molar-refractivity contribution is -0.615. The van der Waals surface area contributed by atoms with E-state index in [1.54, 1.807) is 12.1 Å². The average Bonchev–Trinajstić information content (AvgIpc) is 2.71. The van der Waals surface area contributed by atoms with E-state index < -0.39 is 0 Å². The number of pyridine rings is 1. The second kappa shape index (κ2) is 1.95. The summed E-state index contributed by atoms with van der Waals surface area (Å²) in [6.45, 7) is 0.687. The molecular weight excluding hydrogens is 130 g/mol. The minimum Gasteiger partial charge on any atom is -0.618 e. The highest BCUT2D eigenvalue weighted by Crippen LogP contribution is 2.26. The molecule has 2 rings (SSSR count). The quantitative estimate of drug-likeness (QED) is 0.319. The lowest BCUT2D eigenvalue weighted by atomic mass is 10.3. The van der Waals surface area contributed by atoms with Gasteiger partial charge in [-0.2, -0.15) is 4.73 Å². The van der Waals surface area contributed by atoms with Crippen molar-refractivity contribution in [1.82, 2.24) is 0 Å². The van der Waals surface area contributed by atoms with Crippen molar-refractivity contribution in [2.75, 3.05) is 6.61 Å². The topological polar surface area (TPSA) is 39.5 Å². The van der Waals surface area contributed by atoms with Gasteiger partial charge in [0.1, 0.15) is 0 Å². The van der Waals surface area contributed by atoms with E-state index in [1.165, 1.54) is 6.20 Å². The Bertz CT molecular complexity index is 245. The third kappa shape index (κ3) is 0.844. The van der Waals surface area contributed by atoms with Gasteiger partial charge in [0.2, 0.25) is 5.69 Å². The summed E-state index contributed by atoms with van der Waals surface area (Å²) in [6.07, 6.45) is 1.54. The molecule has 1 fully saturated rings. The van der Waals surface area contributed by atoms with Crippen LogP contribution in [0, 0.1) is 5.21 Å². The molecule has 3 heteroatoms. The van der Waals surface area contributed by atoms with E-state index in [2.05, 4.69) is 0 Å². The van der Waals surface area contributed by atoms with E-state index in [0.717, 1.165) is 4.73 Å². The largest absolute Gasteiger partial charge is 0.618 e. The number of hydrogen-bond acceptors (Lipinski definition) is 2. The Balaban J connectivity index is 2.39. The lowest BCUT2D eigenvalue weighted by Gasteiger charge is -1.98. The normalized spacial score (nSPS) is 22.6. The number of aromatic nitrogens is 1. The second-order valence-electron chi connectivity index (χ2n) is 2.27. The first-order valence-corrected chi connectivity index (χ1v) is 3.17. The summed E-state index contributed by atoms with van der Waals surface area (Å²) in [7, 11) is 0. The minimum atomic E-state index is 0.0544. The van der Waals surface area contributed by atoms with Crippen LogP contribution in [0.2, 0.25) is 0 Å². The summed E-state index contributed by atoms with van der Waals surface area (Å²) in [5, 5.41) is 10.9. The Morgan fingerprint density at radius 1 is 1.60 bits per heavy atom. The molecule has 1 aliphatic heterocycles. The molecule has 0 N–H and O–H groups in total. The summed E-state index contributed by atoms with van der Waals surface area (Å²) < 4.78 is 5.80. The molecule has 0 spiro atoms. The predicted molar refractivity (Wildman–Crippen MR) is 34.1 cm³/mol. The molecule has 1 atom stereocenters. The van der Waals surface area contributed by atoms with Crippen LogP contribution in [-0.2, 0) is 4.74 Å². The summed E-state index contributed by atoms with van der Waals surface area (Å²) in [5.74, 6) is 0. The molecule has 3 nitrogen and oxygen atoms in total. The van der Waals surface area contributed by atoms with E-state index in [9.17, 15) is 5.21 Å². The summed E-state index contributed by atoms with van der Waals surface area (Å²) >= 11 is 0. The Labute approximate surface area is 58.4 Å². The number of ether oxygens (including phenoxy) is 1. The standard InChI is InChI=1S/C7H7NO2/c9-8-4-2-1-3-6(8)7-5-10-7/h1-4,7H,5H2/t7-/m1/s1. The maximum absolute atomic E-state index is 10.9. The van der Waals surface area contributed by atoms with Gasteiger partial charge in [-0.05, 0) is 6.07 Å². The summed E-state index contributed by atoms with van der Waals surface area (Å²) in [5.41, 5.74) is 0.711. The molecule has 52 valence electrons. The predicted octanol–water partition coefficient (Wildman–Crippen LogP) is 0.391. The van der Waals surface area contributed by atoms with Crippen LogP contribution >= 0.6 is 0 Å². The molecule has 0 unspecified atom stereocenters. The SMILES string of the molecule is [O-][n+]1ccccc1[C@H]1CO1. The van der Waals surface area contributed by atoms with Crippen LogP contribution in [0.5, 0.6) is 0 Å². The van der Waals surface area contributed by atoms with Crippen molar-refractivity contribution in [2.24, 2.45) is 0 Å². The molecule has 0 saturated carbocycles. The van der Waals surface area contributed by atoms with Crippen LogP contribution in [0.25, 0.3) is 0 Å². The first-order valence-electron chi connectivity index (χ1n) is 3.17. The van der Waals surface area contributed by atoms with Crippen LogP contribution in [0.15, 0.2) is 24.4 Å². The Hall–Kier alpha value is -1.09. The molecule has 1 aliphatic rings. The van der Waals surface area contributed by atoms with Gasteiger partial charge < -0.3 is 9.94 Å². The maximum Gasteiger partial charge on any atom is 0.224 e. The zero-order chi connectivity index (χ0) is 6.97. The van der Waals surface area contributed by atoms with Crippen molar-refractivity contribution in [3.8, 4) is 0 Å². The molecule has 0 amide bonds. The van der Waals surface area contributed by atoms with Crippen molar-refractivity contribution >= 4 is 0 Å². The molecule has 1 aromatic heterocycles. The van der Waals surface area contributed by atoms with Crippen molar-refractivity contribution in [1.29, 1.82) is 0 Å². The molecule has 2 heterocycles. The monoisotopic (exact) mass is 137 g/mol. The van der Waals surface area contributed by atoms with Gasteiger partial charge in [-0.1, -0.05) is 0 Å². The highest BCUT2D eigenvalue weighted by molar-refractivity contribution is 5.04. The first-order chi connectivity index (χ1) is 4.88. The molecule has 0 aliphatic carbocycles. The van der Waals surface area contributed by atoms with E-state index in [1.807, 2.05) is 6.07 Å². The smallest absolute Gasteiger partial charge is 0.224 e. The lowest BCUT2D eigenvalue weighted by Crippen LogP contribution is -2.30. The van der Waals surface area contributed by atoms with Gasteiger partial charge in [-0.25, -0.2) is 0 Å². The second-order valence-corrected chi connectivity index (χ2v) is 2.27. The third-order valence-corrected chi connectivity index (χ3v) is 1.52. The molecule has 10 heavy (non-hydrogen) atoms. The molecule has 1 aromatic rings. The zero-order valence-corrected chi connectivity index (χ0v) is 5.36. The fourth-order valence-electron chi connectivity index (χ4n) is 0.910. The zero-order valence-electron chi connectivity index (χ0n) is 5.36. The average molecular weight is 137 g/mol. The van der Waals surface area contributed by atoms with E-state index in [0.29, 0.717) is 12.3 Å². The number of hydrogen-bond donors (Lipinski definition) is 0. The van der Waals surface area contributed by atoms with E-state index in [4.69, 9.17) is 4.74 Å². The van der Waals surface area contributed by atoms with Gasteiger partial charge in [-0.15, -0.1) is 0 Å². The molecule has 0 radical (unpaired) electrons. The van der Waals surface area contributed by atoms with Gasteiger partial charge in [0.05, 0.1) is 6.61 Å². The van der Waals surface area contributed by atoms with E-state index in [-0.39, 0.29) is 6.10 Å². The molecule has 0 aromatic carbocycles. The summed E-state index contributed by atoms with van der Waals surface area (Å²) in [6, 6.07) is 5.33. The van der Waals surface area contributed by atoms with Crippen molar-refractivity contribution in [2.45, 2.75) is 6.10 Å². The fourth-order valence-corrected chi connectivity index (χ4v) is 0.910. The minimum absolute atomic E-state index is 0.0544. The highest BCUT2D eigenvalue weighted by Gasteiger charge is 2.31. The number of nitrogens with zero attached hydrogens (tertiary/aromatic N) is 1. The Kier molecular flexibility index (Phi) is 1.11. The van der Waals surface area contributed by atoms with Crippen LogP contribution < -0.4 is 4.73 Å². The van der Waals surface area contributed by atoms with Gasteiger partial charge in [0.15, 0.2) is 12.3 Å². The highest BCUT2D eigenvalue weighted by atomic mass is 16.6. The van der Waals surface area contributed by atoms with Crippen molar-refractivity contribution < 1.29 is 9.47 Å². The maximum atomic E-state index is 10.9. The Morgan fingerprint density at radius 2 is 2.40 bits per heavy atom. The van der Waals surface area contributed by atoms with Gasteiger partial charge in [0, 0.05) is 12.1 Å². The van der Waals surface area contributed by atoms with E-state index >= 15 is 0 Å². The van der Waals surface area contributed by atoms with Crippen molar-refractivity contribution in [3.05, 3.63) is 35.3 Å². The van der Waals surface area contributed by atoms with Gasteiger partial charge >= 0.3 is 0 Å². The van der Waals surface area contributed by atoms with Crippen molar-refractivity contribution in [3.63, 3.8) is 0 Å². The first kappa shape index (κ1) is 5.68. The summed E-state index contributed by atoms with van der Waals surface area (Å²) in [4.78, 5) is 0. The van der Waals surface area contributed by atoms with Crippen LogP contribution in [0.1, 0.15) is 11.8 Å². The molecule has 0 bridgehead atoms. The van der Waals surface area contributed by atoms with Crippen LogP contribution in [0.3, 0.4) is 0 Å². The van der Waals surface area contributed by atoms with Crippen LogP contribution in [0.4, 0.5) is 0 Å². The Morgan fingerprint density at radius 3 is 3.00 bits per heavy atom. The molecule has 1 saturated heterocycles. The molecular formula is C7H7NO2. The number of epoxide rings is 1. The van der Waals surface area contributed by atoms with Crippen LogP contribution in [-0.4, -0.2) is 6.61 Å². The fraction of sp³-hybridized carbons (Fsp3) is 0.286. The third-order valence-electron chi connectivity index (χ3n) is 1.52. The van der Waals surface area contributed by atoms with Gasteiger partial charge in [-0.3, -0.25) is 0 Å². The number of rotatable bonds is 1.